The molecule has 3 N–H and O–H groups in total. The highest BCUT2D eigenvalue weighted by Gasteiger charge is 2.33. The van der Waals surface area contributed by atoms with Gasteiger partial charge in [-0.3, -0.25) is 0 Å². The Hall–Kier alpha value is -1.57. The molecule has 0 aromatic carbocycles. The maximum absolute atomic E-state index is 12.8. The fraction of sp³-hybridized carbons (Fsp3) is 0.692. The second kappa shape index (κ2) is 6.46. The van der Waals surface area contributed by atoms with Crippen LogP contribution in [0.25, 0.3) is 0 Å². The Morgan fingerprint density at radius 3 is 2.71 bits per heavy atom. The number of hydrogen-bond donors (Lipinski definition) is 3. The SMILES string of the molecule is CNc1nc(NCC2CCCC(O)C2)cc(C(F)(F)F)n1. The van der Waals surface area contributed by atoms with Gasteiger partial charge in [-0.1, -0.05) is 6.42 Å². The largest absolute Gasteiger partial charge is 0.433 e. The van der Waals surface area contributed by atoms with E-state index in [4.69, 9.17) is 0 Å². The molecule has 0 amide bonds. The van der Waals surface area contributed by atoms with Gasteiger partial charge in [0.15, 0.2) is 5.69 Å². The highest BCUT2D eigenvalue weighted by atomic mass is 19.4. The average molecular weight is 304 g/mol. The van der Waals surface area contributed by atoms with Gasteiger partial charge >= 0.3 is 6.18 Å². The Balaban J connectivity index is 2.05. The van der Waals surface area contributed by atoms with Crippen molar-refractivity contribution in [3.8, 4) is 0 Å². The van der Waals surface area contributed by atoms with Gasteiger partial charge in [-0.2, -0.15) is 18.2 Å². The van der Waals surface area contributed by atoms with Crippen molar-refractivity contribution in [3.05, 3.63) is 11.8 Å². The van der Waals surface area contributed by atoms with Crippen molar-refractivity contribution in [2.24, 2.45) is 5.92 Å². The summed E-state index contributed by atoms with van der Waals surface area (Å²) in [6.07, 6.45) is -1.46. The van der Waals surface area contributed by atoms with Crippen LogP contribution in [0, 0.1) is 5.92 Å². The van der Waals surface area contributed by atoms with Gasteiger partial charge in [-0.25, -0.2) is 4.98 Å². The molecule has 1 aliphatic carbocycles. The van der Waals surface area contributed by atoms with Gasteiger partial charge in [0, 0.05) is 19.7 Å². The molecule has 1 heterocycles. The molecule has 0 saturated heterocycles. The summed E-state index contributed by atoms with van der Waals surface area (Å²) < 4.78 is 38.3. The number of aromatic nitrogens is 2. The molecule has 118 valence electrons. The maximum Gasteiger partial charge on any atom is 0.433 e. The number of aliphatic hydroxyl groups excluding tert-OH is 1. The van der Waals surface area contributed by atoms with E-state index >= 15 is 0 Å². The Bertz CT molecular complexity index is 481. The number of alkyl halides is 3. The minimum absolute atomic E-state index is 0.0731. The zero-order valence-corrected chi connectivity index (χ0v) is 11.7. The van der Waals surface area contributed by atoms with E-state index in [2.05, 4.69) is 20.6 Å². The van der Waals surface area contributed by atoms with E-state index in [9.17, 15) is 18.3 Å². The van der Waals surface area contributed by atoms with Gasteiger partial charge in [-0.05, 0) is 25.2 Å². The molecule has 1 saturated carbocycles. The summed E-state index contributed by atoms with van der Waals surface area (Å²) in [6.45, 7) is 0.495. The average Bonchev–Trinajstić information content (AvgIpc) is 2.44. The number of halogens is 3. The first-order valence-electron chi connectivity index (χ1n) is 6.94. The molecule has 0 spiro atoms. The van der Waals surface area contributed by atoms with E-state index in [1.54, 1.807) is 0 Å². The zero-order chi connectivity index (χ0) is 15.5. The first-order valence-corrected chi connectivity index (χ1v) is 6.94. The van der Waals surface area contributed by atoms with Gasteiger partial charge in [0.1, 0.15) is 5.82 Å². The highest BCUT2D eigenvalue weighted by Crippen LogP contribution is 2.30. The molecule has 2 unspecified atom stereocenters. The fourth-order valence-corrected chi connectivity index (χ4v) is 2.49. The maximum atomic E-state index is 12.8. The van der Waals surface area contributed by atoms with Crippen LogP contribution in [0.1, 0.15) is 31.4 Å². The van der Waals surface area contributed by atoms with Crippen molar-refractivity contribution >= 4 is 11.8 Å². The van der Waals surface area contributed by atoms with E-state index < -0.39 is 11.9 Å². The van der Waals surface area contributed by atoms with Crippen molar-refractivity contribution in [1.29, 1.82) is 0 Å². The lowest BCUT2D eigenvalue weighted by atomic mass is 9.87. The summed E-state index contributed by atoms with van der Waals surface area (Å²) in [6, 6.07) is 0.903. The smallest absolute Gasteiger partial charge is 0.393 e. The number of aliphatic hydroxyl groups is 1. The fourth-order valence-electron chi connectivity index (χ4n) is 2.49. The van der Waals surface area contributed by atoms with Crippen molar-refractivity contribution in [2.45, 2.75) is 38.0 Å². The van der Waals surface area contributed by atoms with E-state index in [0.29, 0.717) is 13.0 Å². The van der Waals surface area contributed by atoms with Crippen LogP contribution in [0.5, 0.6) is 0 Å². The Morgan fingerprint density at radius 1 is 1.33 bits per heavy atom. The van der Waals surface area contributed by atoms with Gasteiger partial charge in [0.2, 0.25) is 5.95 Å². The summed E-state index contributed by atoms with van der Waals surface area (Å²) in [5, 5.41) is 15.0. The molecule has 21 heavy (non-hydrogen) atoms. The van der Waals surface area contributed by atoms with Gasteiger partial charge in [-0.15, -0.1) is 0 Å². The standard InChI is InChI=1S/C13H19F3N4O/c1-17-12-19-10(13(14,15)16)6-11(20-12)18-7-8-3-2-4-9(21)5-8/h6,8-9,21H,2-5,7H2,1H3,(H2,17,18,19,20). The molecule has 1 aliphatic rings. The van der Waals surface area contributed by atoms with Gasteiger partial charge in [0.25, 0.3) is 0 Å². The van der Waals surface area contributed by atoms with E-state index in [-0.39, 0.29) is 23.8 Å². The number of nitrogens with zero attached hydrogens (tertiary/aromatic N) is 2. The minimum atomic E-state index is -4.51. The summed E-state index contributed by atoms with van der Waals surface area (Å²) in [4.78, 5) is 7.38. The van der Waals surface area contributed by atoms with E-state index in [1.165, 1.54) is 7.05 Å². The molecule has 2 rings (SSSR count). The predicted octanol–water partition coefficient (Wildman–Crippen LogP) is 2.50. The number of nitrogens with one attached hydrogen (secondary N) is 2. The molecule has 1 aromatic rings. The molecule has 5 nitrogen and oxygen atoms in total. The summed E-state index contributed by atoms with van der Waals surface area (Å²) in [7, 11) is 1.47. The molecule has 1 fully saturated rings. The summed E-state index contributed by atoms with van der Waals surface area (Å²) in [5.41, 5.74) is -0.979. The Morgan fingerprint density at radius 2 is 2.10 bits per heavy atom. The summed E-state index contributed by atoms with van der Waals surface area (Å²) >= 11 is 0. The molecule has 8 heteroatoms. The molecule has 0 bridgehead atoms. The monoisotopic (exact) mass is 304 g/mol. The first kappa shape index (κ1) is 15.8. The lowest BCUT2D eigenvalue weighted by molar-refractivity contribution is -0.141. The Kier molecular flexibility index (Phi) is 4.87. The van der Waals surface area contributed by atoms with E-state index in [0.717, 1.165) is 25.3 Å². The molecule has 1 aromatic heterocycles. The molecule has 2 atom stereocenters. The van der Waals surface area contributed by atoms with Crippen LogP contribution in [0.2, 0.25) is 0 Å². The quantitative estimate of drug-likeness (QED) is 0.797. The van der Waals surface area contributed by atoms with Gasteiger partial charge in [0.05, 0.1) is 6.10 Å². The second-order valence-electron chi connectivity index (χ2n) is 5.28. The molecular weight excluding hydrogens is 285 g/mol. The second-order valence-corrected chi connectivity index (χ2v) is 5.28. The Labute approximate surface area is 121 Å². The van der Waals surface area contributed by atoms with Crippen LogP contribution < -0.4 is 10.6 Å². The third-order valence-corrected chi connectivity index (χ3v) is 3.57. The zero-order valence-electron chi connectivity index (χ0n) is 11.7. The van der Waals surface area contributed by atoms with Crippen molar-refractivity contribution in [3.63, 3.8) is 0 Å². The number of rotatable bonds is 4. The van der Waals surface area contributed by atoms with Crippen molar-refractivity contribution < 1.29 is 18.3 Å². The van der Waals surface area contributed by atoms with Gasteiger partial charge < -0.3 is 15.7 Å². The lowest BCUT2D eigenvalue weighted by Gasteiger charge is -2.26. The van der Waals surface area contributed by atoms with Crippen LogP contribution in [0.3, 0.4) is 0 Å². The third-order valence-electron chi connectivity index (χ3n) is 3.57. The summed E-state index contributed by atoms with van der Waals surface area (Å²) in [5.74, 6) is 0.314. The molecule has 0 radical (unpaired) electrons. The first-order chi connectivity index (χ1) is 9.88. The van der Waals surface area contributed by atoms with Crippen molar-refractivity contribution in [2.75, 3.05) is 24.2 Å². The predicted molar refractivity (Wildman–Crippen MR) is 73.0 cm³/mol. The molecule has 0 aliphatic heterocycles. The van der Waals surface area contributed by atoms with E-state index in [1.807, 2.05) is 0 Å². The highest BCUT2D eigenvalue weighted by molar-refractivity contribution is 5.42. The number of anilines is 2. The topological polar surface area (TPSA) is 70.1 Å². The minimum Gasteiger partial charge on any atom is -0.393 e. The lowest BCUT2D eigenvalue weighted by Crippen LogP contribution is -2.25. The third kappa shape index (κ3) is 4.45. The number of hydrogen-bond acceptors (Lipinski definition) is 5. The van der Waals surface area contributed by atoms with Crippen LogP contribution in [-0.4, -0.2) is 34.8 Å². The normalized spacial score (nSPS) is 22.9. The van der Waals surface area contributed by atoms with Crippen LogP contribution in [-0.2, 0) is 6.18 Å². The molecular formula is C13H19F3N4O. The van der Waals surface area contributed by atoms with Crippen molar-refractivity contribution in [1.82, 2.24) is 9.97 Å². The van der Waals surface area contributed by atoms with Crippen LogP contribution >= 0.6 is 0 Å². The van der Waals surface area contributed by atoms with Crippen LogP contribution in [0.4, 0.5) is 24.9 Å². The van der Waals surface area contributed by atoms with Crippen LogP contribution in [0.15, 0.2) is 6.07 Å².